The molecule has 0 radical (unpaired) electrons. The second-order valence-electron chi connectivity index (χ2n) is 6.59. The van der Waals surface area contributed by atoms with Crippen molar-refractivity contribution < 1.29 is 18.7 Å². The van der Waals surface area contributed by atoms with Gasteiger partial charge in [-0.3, -0.25) is 9.48 Å². The predicted molar refractivity (Wildman–Crippen MR) is 111 cm³/mol. The van der Waals surface area contributed by atoms with Crippen LogP contribution in [0.5, 0.6) is 0 Å². The molecule has 1 N–H and O–H groups in total. The zero-order valence-electron chi connectivity index (χ0n) is 16.3. The van der Waals surface area contributed by atoms with E-state index in [2.05, 4.69) is 10.4 Å². The molecule has 0 saturated heterocycles. The Morgan fingerprint density at radius 1 is 1.10 bits per heavy atom. The van der Waals surface area contributed by atoms with Gasteiger partial charge in [0.15, 0.2) is 6.61 Å². The van der Waals surface area contributed by atoms with Gasteiger partial charge in [0.05, 0.1) is 12.7 Å². The van der Waals surface area contributed by atoms with Gasteiger partial charge in [-0.15, -0.1) is 0 Å². The molecule has 7 heteroatoms. The first-order valence-electron chi connectivity index (χ1n) is 9.51. The van der Waals surface area contributed by atoms with E-state index in [9.17, 15) is 14.0 Å². The van der Waals surface area contributed by atoms with Gasteiger partial charge in [-0.25, -0.2) is 9.18 Å². The number of carbonyl (C=O) groups is 2. The Kier molecular flexibility index (Phi) is 7.49. The van der Waals surface area contributed by atoms with Gasteiger partial charge < -0.3 is 10.1 Å². The Balaban J connectivity index is 1.37. The molecule has 1 aromatic heterocycles. The summed E-state index contributed by atoms with van der Waals surface area (Å²) in [5.41, 5.74) is 2.39. The molecule has 3 aromatic rings. The minimum Gasteiger partial charge on any atom is -0.452 e. The molecule has 154 valence electrons. The molecule has 0 aliphatic rings. The normalized spacial score (nSPS) is 10.8. The molecule has 30 heavy (non-hydrogen) atoms. The Hall–Kier alpha value is -3.74. The first-order chi connectivity index (χ1) is 14.6. The highest BCUT2D eigenvalue weighted by Gasteiger charge is 2.06. The van der Waals surface area contributed by atoms with Crippen molar-refractivity contribution in [2.75, 3.05) is 13.2 Å². The lowest BCUT2D eigenvalue weighted by Gasteiger charge is -2.06. The summed E-state index contributed by atoms with van der Waals surface area (Å²) in [7, 11) is 0. The summed E-state index contributed by atoms with van der Waals surface area (Å²) in [6, 6.07) is 16.3. The molecule has 6 nitrogen and oxygen atoms in total. The van der Waals surface area contributed by atoms with Crippen molar-refractivity contribution >= 4 is 18.0 Å². The van der Waals surface area contributed by atoms with Crippen molar-refractivity contribution in [3.63, 3.8) is 0 Å². The van der Waals surface area contributed by atoms with Gasteiger partial charge >= 0.3 is 5.97 Å². The van der Waals surface area contributed by atoms with Crippen molar-refractivity contribution in [3.05, 3.63) is 95.6 Å². The molecule has 1 amide bonds. The maximum Gasteiger partial charge on any atom is 0.331 e. The molecule has 0 aliphatic heterocycles. The Labute approximate surface area is 174 Å². The average Bonchev–Trinajstić information content (AvgIpc) is 3.20. The number of carbonyl (C=O) groups excluding carboxylic acids is 2. The van der Waals surface area contributed by atoms with Crippen molar-refractivity contribution in [1.82, 2.24) is 15.1 Å². The lowest BCUT2D eigenvalue weighted by molar-refractivity contribution is -0.143. The van der Waals surface area contributed by atoms with Gasteiger partial charge in [0, 0.05) is 24.4 Å². The van der Waals surface area contributed by atoms with E-state index >= 15 is 0 Å². The SMILES string of the molecule is O=C(COC(=O)/C=C/c1cnn(Cc2ccccc2)c1)NCCc1ccccc1F. The van der Waals surface area contributed by atoms with E-state index in [-0.39, 0.29) is 12.4 Å². The molecule has 0 atom stereocenters. The molecule has 0 spiro atoms. The molecular formula is C23H22FN3O3. The van der Waals surface area contributed by atoms with Crippen LogP contribution in [0.4, 0.5) is 4.39 Å². The third kappa shape index (κ3) is 6.70. The number of amides is 1. The zero-order chi connectivity index (χ0) is 21.2. The summed E-state index contributed by atoms with van der Waals surface area (Å²) in [5.74, 6) is -1.38. The molecule has 0 aliphatic carbocycles. The summed E-state index contributed by atoms with van der Waals surface area (Å²) in [6.07, 6.45) is 6.64. The van der Waals surface area contributed by atoms with Crippen LogP contribution in [-0.4, -0.2) is 34.8 Å². The third-order valence-corrected chi connectivity index (χ3v) is 4.27. The fraction of sp³-hybridized carbons (Fsp3) is 0.174. The summed E-state index contributed by atoms with van der Waals surface area (Å²) in [6.45, 7) is 0.494. The van der Waals surface area contributed by atoms with Gasteiger partial charge in [0.25, 0.3) is 5.91 Å². The van der Waals surface area contributed by atoms with Crippen LogP contribution < -0.4 is 5.32 Å². The summed E-state index contributed by atoms with van der Waals surface area (Å²) < 4.78 is 20.2. The molecule has 3 rings (SSSR count). The number of halogens is 1. The Morgan fingerprint density at radius 3 is 2.67 bits per heavy atom. The number of ether oxygens (including phenoxy) is 1. The Bertz CT molecular complexity index is 1020. The fourth-order valence-corrected chi connectivity index (χ4v) is 2.76. The number of esters is 1. The number of aromatic nitrogens is 2. The molecule has 0 unspecified atom stereocenters. The topological polar surface area (TPSA) is 73.2 Å². The van der Waals surface area contributed by atoms with Crippen molar-refractivity contribution in [2.45, 2.75) is 13.0 Å². The first kappa shape index (κ1) is 21.0. The first-order valence-corrected chi connectivity index (χ1v) is 9.51. The lowest BCUT2D eigenvalue weighted by Crippen LogP contribution is -2.30. The van der Waals surface area contributed by atoms with E-state index in [1.165, 1.54) is 12.1 Å². The van der Waals surface area contributed by atoms with E-state index in [1.54, 1.807) is 35.2 Å². The number of nitrogens with zero attached hydrogens (tertiary/aromatic N) is 2. The van der Waals surface area contributed by atoms with Crippen LogP contribution in [0.25, 0.3) is 6.08 Å². The second kappa shape index (κ2) is 10.7. The van der Waals surface area contributed by atoms with Crippen LogP contribution in [0.1, 0.15) is 16.7 Å². The van der Waals surface area contributed by atoms with Crippen LogP contribution in [0.3, 0.4) is 0 Å². The van der Waals surface area contributed by atoms with Crippen molar-refractivity contribution in [2.24, 2.45) is 0 Å². The highest BCUT2D eigenvalue weighted by molar-refractivity contribution is 5.89. The summed E-state index contributed by atoms with van der Waals surface area (Å²) in [5, 5.41) is 6.84. The maximum absolute atomic E-state index is 13.5. The standard InChI is InChI=1S/C23H22FN3O3/c24-21-9-5-4-8-20(21)12-13-25-22(28)17-30-23(29)11-10-19-14-26-27(16-19)15-18-6-2-1-3-7-18/h1-11,14,16H,12-13,15,17H2,(H,25,28)/b11-10+. The van der Waals surface area contributed by atoms with Crippen LogP contribution in [-0.2, 0) is 27.3 Å². The van der Waals surface area contributed by atoms with Gasteiger partial charge in [-0.2, -0.15) is 5.10 Å². The molecular weight excluding hydrogens is 385 g/mol. The number of hydrogen-bond donors (Lipinski definition) is 1. The second-order valence-corrected chi connectivity index (χ2v) is 6.59. The third-order valence-electron chi connectivity index (χ3n) is 4.27. The van der Waals surface area contributed by atoms with Gasteiger partial charge in [0.2, 0.25) is 0 Å². The summed E-state index contributed by atoms with van der Waals surface area (Å²) >= 11 is 0. The smallest absolute Gasteiger partial charge is 0.331 e. The molecule has 0 fully saturated rings. The molecule has 1 heterocycles. The van der Waals surface area contributed by atoms with Crippen LogP contribution in [0, 0.1) is 5.82 Å². The molecule has 0 bridgehead atoms. The Morgan fingerprint density at radius 2 is 1.87 bits per heavy atom. The average molecular weight is 407 g/mol. The highest BCUT2D eigenvalue weighted by atomic mass is 19.1. The van der Waals surface area contributed by atoms with Crippen molar-refractivity contribution in [1.29, 1.82) is 0 Å². The van der Waals surface area contributed by atoms with E-state index in [0.717, 1.165) is 11.1 Å². The summed E-state index contributed by atoms with van der Waals surface area (Å²) in [4.78, 5) is 23.5. The minimum atomic E-state index is -0.630. The predicted octanol–water partition coefficient (Wildman–Crippen LogP) is 2.99. The van der Waals surface area contributed by atoms with Crippen LogP contribution in [0.2, 0.25) is 0 Å². The maximum atomic E-state index is 13.5. The van der Waals surface area contributed by atoms with Crippen LogP contribution in [0.15, 0.2) is 73.1 Å². The number of benzene rings is 2. The van der Waals surface area contributed by atoms with Gasteiger partial charge in [-0.05, 0) is 29.7 Å². The fourth-order valence-electron chi connectivity index (χ4n) is 2.76. The number of nitrogens with one attached hydrogen (secondary N) is 1. The van der Waals surface area contributed by atoms with E-state index in [4.69, 9.17) is 4.74 Å². The quantitative estimate of drug-likeness (QED) is 0.437. The molecule has 0 saturated carbocycles. The van der Waals surface area contributed by atoms with Gasteiger partial charge in [-0.1, -0.05) is 48.5 Å². The zero-order valence-corrected chi connectivity index (χ0v) is 16.3. The largest absolute Gasteiger partial charge is 0.452 e. The lowest BCUT2D eigenvalue weighted by atomic mass is 10.1. The number of rotatable bonds is 9. The van der Waals surface area contributed by atoms with Crippen molar-refractivity contribution in [3.8, 4) is 0 Å². The van der Waals surface area contributed by atoms with E-state index in [0.29, 0.717) is 18.5 Å². The molecule has 2 aromatic carbocycles. The minimum absolute atomic E-state index is 0.258. The number of hydrogen-bond acceptors (Lipinski definition) is 4. The van der Waals surface area contributed by atoms with Crippen LogP contribution >= 0.6 is 0 Å². The van der Waals surface area contributed by atoms with E-state index in [1.807, 2.05) is 36.5 Å². The van der Waals surface area contributed by atoms with E-state index < -0.39 is 18.5 Å². The van der Waals surface area contributed by atoms with Gasteiger partial charge in [0.1, 0.15) is 5.82 Å². The highest BCUT2D eigenvalue weighted by Crippen LogP contribution is 2.07. The monoisotopic (exact) mass is 407 g/mol.